The maximum atomic E-state index is 5.74. The van der Waals surface area contributed by atoms with Gasteiger partial charge in [0.15, 0.2) is 0 Å². The van der Waals surface area contributed by atoms with Gasteiger partial charge in [-0.2, -0.15) is 0 Å². The Labute approximate surface area is 101 Å². The van der Waals surface area contributed by atoms with E-state index in [1.165, 1.54) is 0 Å². The smallest absolute Gasteiger partial charge is 0.148 e. The molecule has 0 unspecified atom stereocenters. The number of rotatable bonds is 3. The summed E-state index contributed by atoms with van der Waals surface area (Å²) in [4.78, 5) is 0. The average molecular weight is 223 g/mol. The Hall–Kier alpha value is -2.40. The molecular formula is C15H13NO. The molecule has 0 radical (unpaired) electrons. The van der Waals surface area contributed by atoms with Crippen molar-refractivity contribution in [2.24, 2.45) is 0 Å². The van der Waals surface area contributed by atoms with Crippen molar-refractivity contribution in [1.82, 2.24) is 0 Å². The van der Waals surface area contributed by atoms with Gasteiger partial charge in [-0.15, -0.1) is 6.42 Å². The lowest BCUT2D eigenvalue weighted by Crippen LogP contribution is -1.92. The van der Waals surface area contributed by atoms with Crippen molar-refractivity contribution in [1.29, 1.82) is 0 Å². The van der Waals surface area contributed by atoms with Gasteiger partial charge in [0.05, 0.1) is 0 Å². The molecule has 0 aliphatic carbocycles. The summed E-state index contributed by atoms with van der Waals surface area (Å²) < 4.78 is 5.31. The van der Waals surface area contributed by atoms with E-state index in [1.807, 2.05) is 48.5 Å². The largest absolute Gasteiger partial charge is 0.481 e. The average Bonchev–Trinajstić information content (AvgIpc) is 2.37. The van der Waals surface area contributed by atoms with Gasteiger partial charge in [0, 0.05) is 5.69 Å². The van der Waals surface area contributed by atoms with Crippen LogP contribution in [0.2, 0.25) is 0 Å². The Morgan fingerprint density at radius 1 is 1.06 bits per heavy atom. The lowest BCUT2D eigenvalue weighted by atomic mass is 10.1. The summed E-state index contributed by atoms with van der Waals surface area (Å²) in [7, 11) is 0. The fourth-order valence-electron chi connectivity index (χ4n) is 1.59. The highest BCUT2D eigenvalue weighted by molar-refractivity contribution is 5.67. The fraction of sp³-hybridized carbons (Fsp3) is 0.0667. The molecule has 0 fully saturated rings. The maximum Gasteiger partial charge on any atom is 0.148 e. The first-order chi connectivity index (χ1) is 8.29. The molecule has 2 aromatic carbocycles. The predicted molar refractivity (Wildman–Crippen MR) is 70.6 cm³/mol. The molecule has 0 heterocycles. The molecule has 0 saturated heterocycles. The molecule has 0 aliphatic heterocycles. The molecule has 2 heteroatoms. The summed E-state index contributed by atoms with van der Waals surface area (Å²) in [5, 5.41) is 0. The van der Waals surface area contributed by atoms with Crippen molar-refractivity contribution in [3.05, 3.63) is 48.5 Å². The number of anilines is 1. The number of nitrogen functional groups attached to an aromatic ring is 1. The second kappa shape index (κ2) is 5.09. The molecule has 84 valence electrons. The maximum absolute atomic E-state index is 5.74. The molecule has 0 bridgehead atoms. The van der Waals surface area contributed by atoms with E-state index < -0.39 is 0 Å². The van der Waals surface area contributed by atoms with Crippen molar-refractivity contribution in [3.8, 4) is 29.2 Å². The zero-order valence-electron chi connectivity index (χ0n) is 9.39. The number of nitrogens with two attached hydrogens (primary N) is 1. The number of ether oxygens (including phenoxy) is 1. The molecule has 2 nitrogen and oxygen atoms in total. The van der Waals surface area contributed by atoms with Gasteiger partial charge in [0.2, 0.25) is 0 Å². The highest BCUT2D eigenvalue weighted by atomic mass is 16.5. The molecule has 0 aliphatic rings. The minimum atomic E-state index is 0.289. The topological polar surface area (TPSA) is 35.2 Å². The third-order valence-corrected chi connectivity index (χ3v) is 2.40. The van der Waals surface area contributed by atoms with E-state index in [9.17, 15) is 0 Å². The van der Waals surface area contributed by atoms with Gasteiger partial charge < -0.3 is 10.5 Å². The summed E-state index contributed by atoms with van der Waals surface area (Å²) in [5.74, 6) is 3.20. The van der Waals surface area contributed by atoms with Crippen molar-refractivity contribution in [2.45, 2.75) is 0 Å². The highest BCUT2D eigenvalue weighted by Gasteiger charge is 1.98. The van der Waals surface area contributed by atoms with Crippen molar-refractivity contribution in [3.63, 3.8) is 0 Å². The normalized spacial score (nSPS) is 9.59. The molecule has 2 N–H and O–H groups in total. The van der Waals surface area contributed by atoms with E-state index in [0.717, 1.165) is 22.6 Å². The lowest BCUT2D eigenvalue weighted by Gasteiger charge is -2.05. The van der Waals surface area contributed by atoms with E-state index >= 15 is 0 Å². The van der Waals surface area contributed by atoms with Crippen LogP contribution in [0.25, 0.3) is 11.1 Å². The fourth-order valence-corrected chi connectivity index (χ4v) is 1.59. The van der Waals surface area contributed by atoms with Crippen molar-refractivity contribution >= 4 is 5.69 Å². The first-order valence-electron chi connectivity index (χ1n) is 5.32. The Balaban J connectivity index is 2.21. The first kappa shape index (κ1) is 11.1. The van der Waals surface area contributed by atoms with E-state index in [1.54, 1.807) is 0 Å². The number of terminal acetylenes is 1. The SMILES string of the molecule is C#CCOc1ccc(-c2cccc(N)c2)cc1. The highest BCUT2D eigenvalue weighted by Crippen LogP contribution is 2.23. The van der Waals surface area contributed by atoms with Crippen LogP contribution in [0, 0.1) is 12.3 Å². The number of hydrogen-bond acceptors (Lipinski definition) is 2. The van der Waals surface area contributed by atoms with Crippen LogP contribution in [0.1, 0.15) is 0 Å². The zero-order valence-corrected chi connectivity index (χ0v) is 9.39. The number of benzene rings is 2. The summed E-state index contributed by atoms with van der Waals surface area (Å²) in [6, 6.07) is 15.5. The monoisotopic (exact) mass is 223 g/mol. The predicted octanol–water partition coefficient (Wildman–Crippen LogP) is 2.95. The second-order valence-corrected chi connectivity index (χ2v) is 3.64. The van der Waals surface area contributed by atoms with Crippen LogP contribution in [0.3, 0.4) is 0 Å². The Kier molecular flexibility index (Phi) is 3.32. The molecule has 2 aromatic rings. The summed E-state index contributed by atoms with van der Waals surface area (Å²) in [5.41, 5.74) is 8.70. The van der Waals surface area contributed by atoms with Gasteiger partial charge in [-0.05, 0) is 35.4 Å². The lowest BCUT2D eigenvalue weighted by molar-refractivity contribution is 0.370. The van der Waals surface area contributed by atoms with E-state index in [-0.39, 0.29) is 6.61 Å². The van der Waals surface area contributed by atoms with Gasteiger partial charge >= 0.3 is 0 Å². The second-order valence-electron chi connectivity index (χ2n) is 3.64. The molecule has 17 heavy (non-hydrogen) atoms. The minimum Gasteiger partial charge on any atom is -0.481 e. The van der Waals surface area contributed by atoms with E-state index in [4.69, 9.17) is 16.9 Å². The van der Waals surface area contributed by atoms with Crippen LogP contribution in [0.5, 0.6) is 5.75 Å². The molecular weight excluding hydrogens is 210 g/mol. The van der Waals surface area contributed by atoms with Crippen LogP contribution in [0.4, 0.5) is 5.69 Å². The van der Waals surface area contributed by atoms with Gasteiger partial charge in [-0.1, -0.05) is 30.2 Å². The summed E-state index contributed by atoms with van der Waals surface area (Å²) in [6.45, 7) is 0.289. The molecule has 0 spiro atoms. The van der Waals surface area contributed by atoms with Gasteiger partial charge in [-0.3, -0.25) is 0 Å². The van der Waals surface area contributed by atoms with E-state index in [0.29, 0.717) is 0 Å². The quantitative estimate of drug-likeness (QED) is 0.641. The molecule has 0 amide bonds. The standard InChI is InChI=1S/C15H13NO/c1-2-10-17-15-8-6-12(7-9-15)13-4-3-5-14(16)11-13/h1,3-9,11H,10,16H2. The summed E-state index contributed by atoms with van der Waals surface area (Å²) >= 11 is 0. The molecule has 0 atom stereocenters. The van der Waals surface area contributed by atoms with Crippen molar-refractivity contribution < 1.29 is 4.74 Å². The third kappa shape index (κ3) is 2.79. The van der Waals surface area contributed by atoms with Gasteiger partial charge in [-0.25, -0.2) is 0 Å². The summed E-state index contributed by atoms with van der Waals surface area (Å²) in [6.07, 6.45) is 5.13. The first-order valence-corrected chi connectivity index (χ1v) is 5.32. The van der Waals surface area contributed by atoms with Crippen LogP contribution >= 0.6 is 0 Å². The van der Waals surface area contributed by atoms with Gasteiger partial charge in [0.1, 0.15) is 12.4 Å². The molecule has 2 rings (SSSR count). The molecule has 0 aromatic heterocycles. The van der Waals surface area contributed by atoms with Crippen molar-refractivity contribution in [2.75, 3.05) is 12.3 Å². The number of hydrogen-bond donors (Lipinski definition) is 1. The Morgan fingerprint density at radius 2 is 1.82 bits per heavy atom. The van der Waals surface area contributed by atoms with Crippen LogP contribution in [-0.4, -0.2) is 6.61 Å². The Morgan fingerprint density at radius 3 is 2.47 bits per heavy atom. The van der Waals surface area contributed by atoms with Crippen LogP contribution in [0.15, 0.2) is 48.5 Å². The molecule has 0 saturated carbocycles. The zero-order chi connectivity index (χ0) is 12.1. The Bertz CT molecular complexity index is 538. The van der Waals surface area contributed by atoms with Gasteiger partial charge in [0.25, 0.3) is 0 Å². The van der Waals surface area contributed by atoms with E-state index in [2.05, 4.69) is 5.92 Å². The van der Waals surface area contributed by atoms with Crippen LogP contribution < -0.4 is 10.5 Å². The minimum absolute atomic E-state index is 0.289. The van der Waals surface area contributed by atoms with Crippen LogP contribution in [-0.2, 0) is 0 Å². The third-order valence-electron chi connectivity index (χ3n) is 2.40.